The van der Waals surface area contributed by atoms with Gasteiger partial charge in [-0.1, -0.05) is 0 Å². The molecule has 8 nitrogen and oxygen atoms in total. The monoisotopic (exact) mass is 420 g/mol. The van der Waals surface area contributed by atoms with Crippen molar-refractivity contribution >= 4 is 5.82 Å². The molecule has 0 aliphatic carbocycles. The number of hydrogen-bond acceptors (Lipinski definition) is 6. The lowest BCUT2D eigenvalue weighted by Gasteiger charge is -2.19. The summed E-state index contributed by atoms with van der Waals surface area (Å²) < 4.78 is 21.7. The molecule has 158 valence electrons. The highest BCUT2D eigenvalue weighted by molar-refractivity contribution is 5.66. The van der Waals surface area contributed by atoms with Gasteiger partial charge in [-0.15, -0.1) is 0 Å². The predicted molar refractivity (Wildman–Crippen MR) is 114 cm³/mol. The molecule has 0 saturated carbocycles. The van der Waals surface area contributed by atoms with Gasteiger partial charge in [0.15, 0.2) is 11.6 Å². The smallest absolute Gasteiger partial charge is 0.250 e. The third-order valence-electron chi connectivity index (χ3n) is 4.90. The summed E-state index contributed by atoms with van der Waals surface area (Å²) in [6, 6.07) is 9.31. The quantitative estimate of drug-likeness (QED) is 0.513. The van der Waals surface area contributed by atoms with Gasteiger partial charge in [0, 0.05) is 36.1 Å². The van der Waals surface area contributed by atoms with Crippen molar-refractivity contribution < 1.29 is 9.13 Å². The van der Waals surface area contributed by atoms with E-state index < -0.39 is 11.9 Å². The topological polar surface area (TPSA) is 101 Å². The normalized spacial score (nSPS) is 12.0. The van der Waals surface area contributed by atoms with Crippen LogP contribution < -0.4 is 16.0 Å². The molecule has 3 aromatic heterocycles. The lowest BCUT2D eigenvalue weighted by atomic mass is 10.1. The number of nitrogens with two attached hydrogens (primary N) is 1. The Morgan fingerprint density at radius 1 is 1.13 bits per heavy atom. The average molecular weight is 420 g/mol. The number of benzene rings is 1. The lowest BCUT2D eigenvalue weighted by Crippen LogP contribution is -2.17. The summed E-state index contributed by atoms with van der Waals surface area (Å²) in [6.07, 6.45) is 5.89. The fourth-order valence-electron chi connectivity index (χ4n) is 3.28. The van der Waals surface area contributed by atoms with Gasteiger partial charge in [0.1, 0.15) is 11.9 Å². The number of ether oxygens (including phenoxy) is 1. The second-order valence-electron chi connectivity index (χ2n) is 6.93. The van der Waals surface area contributed by atoms with Crippen LogP contribution in [0.25, 0.3) is 16.8 Å². The first kappa shape index (κ1) is 20.3. The first-order chi connectivity index (χ1) is 15.0. The van der Waals surface area contributed by atoms with Gasteiger partial charge in [0.25, 0.3) is 5.56 Å². The molecule has 4 aromatic rings. The molecule has 2 N–H and O–H groups in total. The van der Waals surface area contributed by atoms with Crippen LogP contribution in [0.1, 0.15) is 25.5 Å². The molecule has 0 aliphatic heterocycles. The number of aromatic nitrogens is 5. The molecule has 0 spiro atoms. The van der Waals surface area contributed by atoms with Crippen LogP contribution >= 0.6 is 0 Å². The van der Waals surface area contributed by atoms with E-state index in [9.17, 15) is 9.18 Å². The maximum absolute atomic E-state index is 14.0. The highest BCUT2D eigenvalue weighted by atomic mass is 19.1. The summed E-state index contributed by atoms with van der Waals surface area (Å²) in [6.45, 7) is 4.23. The Kier molecular flexibility index (Phi) is 5.48. The average Bonchev–Trinajstić information content (AvgIpc) is 3.30. The molecule has 3 heterocycles. The van der Waals surface area contributed by atoms with Crippen LogP contribution in [0.5, 0.6) is 5.75 Å². The summed E-state index contributed by atoms with van der Waals surface area (Å²) in [4.78, 5) is 17.5. The Labute approximate surface area is 177 Å². The third-order valence-corrected chi connectivity index (χ3v) is 4.90. The molecule has 0 unspecified atom stereocenters. The van der Waals surface area contributed by atoms with Gasteiger partial charge >= 0.3 is 0 Å². The zero-order valence-electron chi connectivity index (χ0n) is 17.1. The van der Waals surface area contributed by atoms with Crippen LogP contribution in [0.15, 0.2) is 66.0 Å². The van der Waals surface area contributed by atoms with Crippen molar-refractivity contribution in [3.63, 3.8) is 0 Å². The number of nitrogen functional groups attached to an aromatic ring is 1. The fraction of sp³-hybridized carbons (Fsp3) is 0.182. The number of nitrogens with zero attached hydrogens (tertiary/aromatic N) is 5. The van der Waals surface area contributed by atoms with Crippen LogP contribution in [0, 0.1) is 5.82 Å². The molecule has 0 bridgehead atoms. The largest absolute Gasteiger partial charge is 0.482 e. The highest BCUT2D eigenvalue weighted by Gasteiger charge is 2.18. The summed E-state index contributed by atoms with van der Waals surface area (Å²) >= 11 is 0. The van der Waals surface area contributed by atoms with E-state index in [4.69, 9.17) is 10.5 Å². The second kappa shape index (κ2) is 8.39. The van der Waals surface area contributed by atoms with Crippen molar-refractivity contribution in [2.45, 2.75) is 26.5 Å². The number of halogens is 1. The molecule has 0 fully saturated rings. The molecule has 9 heteroatoms. The van der Waals surface area contributed by atoms with Crippen molar-refractivity contribution in [3.05, 3.63) is 82.9 Å². The zero-order chi connectivity index (χ0) is 22.0. The van der Waals surface area contributed by atoms with Crippen molar-refractivity contribution in [2.24, 2.45) is 0 Å². The van der Waals surface area contributed by atoms with Crippen molar-refractivity contribution in [1.29, 1.82) is 0 Å². The molecular formula is C22H21FN6O2. The first-order valence-corrected chi connectivity index (χ1v) is 9.75. The predicted octanol–water partition coefficient (Wildman–Crippen LogP) is 3.37. The summed E-state index contributed by atoms with van der Waals surface area (Å²) in [7, 11) is 0. The number of aryl methyl sites for hydroxylation is 1. The third kappa shape index (κ3) is 4.16. The minimum absolute atomic E-state index is 0.0781. The minimum atomic E-state index is -0.569. The van der Waals surface area contributed by atoms with Crippen LogP contribution in [-0.4, -0.2) is 24.5 Å². The number of pyridine rings is 2. The standard InChI is InChI=1S/C22H21FN6O2/c1-3-28-13-15(4-7-21(28)30)16-10-20(22(24)25-12-16)31-14(2)18-11-17(23)5-6-19(18)29-26-8-9-27-29/h4-14H,3H2,1-2H3,(H2,24,25)/t14-/m1/s1. The molecule has 0 saturated heterocycles. The summed E-state index contributed by atoms with van der Waals surface area (Å²) in [5, 5.41) is 8.25. The molecule has 0 aliphatic rings. The fourth-order valence-corrected chi connectivity index (χ4v) is 3.28. The Bertz CT molecular complexity index is 1270. The van der Waals surface area contributed by atoms with Crippen molar-refractivity contribution in [3.8, 4) is 22.6 Å². The van der Waals surface area contributed by atoms with Gasteiger partial charge in [-0.25, -0.2) is 9.37 Å². The number of rotatable bonds is 6. The summed E-state index contributed by atoms with van der Waals surface area (Å²) in [5.74, 6) is 0.153. The number of hydrogen-bond donors (Lipinski definition) is 1. The number of anilines is 1. The van der Waals surface area contributed by atoms with Crippen LogP contribution in [-0.2, 0) is 6.54 Å². The van der Waals surface area contributed by atoms with Crippen molar-refractivity contribution in [1.82, 2.24) is 24.5 Å². The maximum atomic E-state index is 14.0. The van der Waals surface area contributed by atoms with E-state index in [1.807, 2.05) is 6.92 Å². The summed E-state index contributed by atoms with van der Waals surface area (Å²) in [5.41, 5.74) is 8.66. The van der Waals surface area contributed by atoms with Gasteiger partial charge in [-0.2, -0.15) is 15.0 Å². The molecule has 1 aromatic carbocycles. The van der Waals surface area contributed by atoms with Crippen LogP contribution in [0.4, 0.5) is 10.2 Å². The zero-order valence-corrected chi connectivity index (χ0v) is 17.1. The van der Waals surface area contributed by atoms with Gasteiger partial charge < -0.3 is 15.0 Å². The minimum Gasteiger partial charge on any atom is -0.482 e. The van der Waals surface area contributed by atoms with Gasteiger partial charge in [-0.3, -0.25) is 4.79 Å². The molecule has 31 heavy (non-hydrogen) atoms. The Balaban J connectivity index is 1.68. The van der Waals surface area contributed by atoms with Gasteiger partial charge in [-0.05, 0) is 49.7 Å². The van der Waals surface area contributed by atoms with E-state index in [2.05, 4.69) is 15.2 Å². The van der Waals surface area contributed by atoms with Crippen LogP contribution in [0.2, 0.25) is 0 Å². The molecular weight excluding hydrogens is 399 g/mol. The van der Waals surface area contributed by atoms with E-state index in [0.29, 0.717) is 23.5 Å². The van der Waals surface area contributed by atoms with Gasteiger partial charge in [0.2, 0.25) is 0 Å². The first-order valence-electron chi connectivity index (χ1n) is 9.75. The Morgan fingerprint density at radius 3 is 2.65 bits per heavy atom. The van der Waals surface area contributed by atoms with E-state index in [1.165, 1.54) is 23.0 Å². The Morgan fingerprint density at radius 2 is 1.90 bits per heavy atom. The Hall–Kier alpha value is -4.01. The maximum Gasteiger partial charge on any atom is 0.250 e. The van der Waals surface area contributed by atoms with E-state index in [0.717, 1.165) is 11.1 Å². The molecule has 0 amide bonds. The second-order valence-corrected chi connectivity index (χ2v) is 6.93. The van der Waals surface area contributed by atoms with E-state index in [1.54, 1.807) is 54.5 Å². The van der Waals surface area contributed by atoms with Gasteiger partial charge in [0.05, 0.1) is 18.1 Å². The molecule has 4 rings (SSSR count). The van der Waals surface area contributed by atoms with Crippen molar-refractivity contribution in [2.75, 3.05) is 5.73 Å². The van der Waals surface area contributed by atoms with E-state index >= 15 is 0 Å². The van der Waals surface area contributed by atoms with Crippen LogP contribution in [0.3, 0.4) is 0 Å². The molecule has 0 radical (unpaired) electrons. The van der Waals surface area contributed by atoms with E-state index in [-0.39, 0.29) is 11.4 Å². The highest BCUT2D eigenvalue weighted by Crippen LogP contribution is 2.32. The SMILES string of the molecule is CCn1cc(-c2cnc(N)c(O[C@H](C)c3cc(F)ccc3-n3nccn3)c2)ccc1=O. The molecule has 1 atom stereocenters. The lowest BCUT2D eigenvalue weighted by molar-refractivity contribution is 0.226.